The molecule has 2 unspecified atom stereocenters. The molecule has 0 aromatic carbocycles. The normalized spacial score (nSPS) is 13.8. The molecule has 0 spiro atoms. The fraction of sp³-hybridized carbons (Fsp3) is 0.833. The molecule has 0 saturated carbocycles. The number of alkyl halides is 2. The van der Waals surface area contributed by atoms with Gasteiger partial charge in [0.15, 0.2) is 0 Å². The van der Waals surface area contributed by atoms with E-state index in [-0.39, 0.29) is 34.8 Å². The average molecular weight is 388 g/mol. The van der Waals surface area contributed by atoms with Gasteiger partial charge in [-0.3, -0.25) is 9.59 Å². The Hall–Kier alpha value is -0.100. The summed E-state index contributed by atoms with van der Waals surface area (Å²) in [6, 6.07) is 0. The monoisotopic (exact) mass is 386 g/mol. The molecular weight excluding hydrogens is 368 g/mol. The Labute approximate surface area is 125 Å². The van der Waals surface area contributed by atoms with E-state index in [1.165, 1.54) is 0 Å². The summed E-state index contributed by atoms with van der Waals surface area (Å²) < 4.78 is 9.88. The predicted octanol–water partition coefficient (Wildman–Crippen LogP) is 3.20. The maximum absolute atomic E-state index is 11.3. The second-order valence-corrected chi connectivity index (χ2v) is 6.45. The van der Waals surface area contributed by atoms with Gasteiger partial charge in [0, 0.05) is 9.65 Å². The summed E-state index contributed by atoms with van der Waals surface area (Å²) in [7, 11) is 0. The van der Waals surface area contributed by atoms with Gasteiger partial charge in [0.05, 0.1) is 12.8 Å². The van der Waals surface area contributed by atoms with Crippen LogP contribution in [0.2, 0.25) is 0 Å². The molecule has 2 atom stereocenters. The van der Waals surface area contributed by atoms with Crippen LogP contribution in [0.15, 0.2) is 0 Å². The fourth-order valence-electron chi connectivity index (χ4n) is 1.08. The Morgan fingerprint density at radius 3 is 1.50 bits per heavy atom. The number of hydrogen-bond donors (Lipinski definition) is 0. The maximum Gasteiger partial charge on any atom is 0.307 e. The van der Waals surface area contributed by atoms with Gasteiger partial charge in [-0.15, -0.1) is 0 Å². The topological polar surface area (TPSA) is 52.6 Å². The number of carbonyl (C=O) groups excluding carboxylic acids is 2. The van der Waals surface area contributed by atoms with E-state index in [1.807, 2.05) is 13.8 Å². The van der Waals surface area contributed by atoms with E-state index in [1.54, 1.807) is 0 Å². The molecule has 0 N–H and O–H groups in total. The van der Waals surface area contributed by atoms with Crippen LogP contribution in [0.1, 0.15) is 39.5 Å². The Kier molecular flexibility index (Phi) is 10.7. The van der Waals surface area contributed by atoms with Gasteiger partial charge < -0.3 is 9.47 Å². The van der Waals surface area contributed by atoms with Crippen LogP contribution in [-0.4, -0.2) is 34.8 Å². The van der Waals surface area contributed by atoms with Crippen molar-refractivity contribution in [2.75, 3.05) is 13.2 Å². The molecule has 18 heavy (non-hydrogen) atoms. The molecule has 0 aliphatic carbocycles. The second-order valence-electron chi connectivity index (χ2n) is 3.86. The molecule has 6 heteroatoms. The number of hydrogen-bond acceptors (Lipinski definition) is 4. The predicted molar refractivity (Wildman–Crippen MR) is 77.2 cm³/mol. The second kappa shape index (κ2) is 10.8. The van der Waals surface area contributed by atoms with Gasteiger partial charge in [0.2, 0.25) is 0 Å². The minimum absolute atomic E-state index is 0.118. The van der Waals surface area contributed by atoms with Gasteiger partial charge in [-0.2, -0.15) is 0 Å². The Morgan fingerprint density at radius 2 is 1.22 bits per heavy atom. The minimum atomic E-state index is -0.276. The summed E-state index contributed by atoms with van der Waals surface area (Å²) in [5, 5.41) is 0. The van der Waals surface area contributed by atoms with Crippen LogP contribution in [0.4, 0.5) is 0 Å². The molecule has 0 fully saturated rings. The van der Waals surface area contributed by atoms with Crippen LogP contribution in [0.25, 0.3) is 0 Å². The van der Waals surface area contributed by atoms with Gasteiger partial charge in [0.1, 0.15) is 13.2 Å². The van der Waals surface area contributed by atoms with Crippen LogP contribution in [0.3, 0.4) is 0 Å². The first-order valence-electron chi connectivity index (χ1n) is 6.08. The molecule has 0 aliphatic rings. The first-order chi connectivity index (χ1) is 8.49. The molecule has 0 saturated heterocycles. The van der Waals surface area contributed by atoms with Crippen LogP contribution < -0.4 is 0 Å². The zero-order valence-electron chi connectivity index (χ0n) is 10.8. The number of carbonyl (C=O) groups is 2. The first-order valence-corrected chi connectivity index (χ1v) is 7.92. The molecule has 0 aliphatic heterocycles. The lowest BCUT2D eigenvalue weighted by Crippen LogP contribution is -2.17. The third-order valence-electron chi connectivity index (χ3n) is 2.27. The van der Waals surface area contributed by atoms with E-state index in [0.29, 0.717) is 12.8 Å². The third kappa shape index (κ3) is 9.88. The minimum Gasteiger partial charge on any atom is -0.462 e. The highest BCUT2D eigenvalue weighted by Gasteiger charge is 2.11. The average Bonchev–Trinajstić information content (AvgIpc) is 2.34. The first kappa shape index (κ1) is 17.9. The molecule has 0 bridgehead atoms. The lowest BCUT2D eigenvalue weighted by Gasteiger charge is -2.09. The maximum atomic E-state index is 11.3. The van der Waals surface area contributed by atoms with Crippen LogP contribution in [0, 0.1) is 0 Å². The van der Waals surface area contributed by atoms with Crippen molar-refractivity contribution in [3.8, 4) is 0 Å². The van der Waals surface area contributed by atoms with E-state index < -0.39 is 0 Å². The number of ether oxygens (including phenoxy) is 2. The molecular formula is C12H20Br2O4. The smallest absolute Gasteiger partial charge is 0.307 e. The van der Waals surface area contributed by atoms with Crippen LogP contribution in [0.5, 0.6) is 0 Å². The molecule has 0 rings (SSSR count). The lowest BCUT2D eigenvalue weighted by molar-refractivity contribution is -0.152. The van der Waals surface area contributed by atoms with Gasteiger partial charge >= 0.3 is 11.9 Å². The Balaban J connectivity index is 3.55. The Bertz CT molecular complexity index is 232. The molecule has 106 valence electrons. The molecule has 4 nitrogen and oxygen atoms in total. The SMILES string of the molecule is CCC(Br)CC(=O)OCCOC(=O)CC(Br)CC. The number of halogens is 2. The summed E-state index contributed by atoms with van der Waals surface area (Å²) in [5.41, 5.74) is 0. The van der Waals surface area contributed by atoms with Crippen LogP contribution >= 0.6 is 31.9 Å². The summed E-state index contributed by atoms with van der Waals surface area (Å²) in [6.45, 7) is 4.21. The molecule has 0 heterocycles. The van der Waals surface area contributed by atoms with Gasteiger partial charge in [-0.25, -0.2) is 0 Å². The highest BCUT2D eigenvalue weighted by molar-refractivity contribution is 9.09. The van der Waals surface area contributed by atoms with Gasteiger partial charge in [0.25, 0.3) is 0 Å². The van der Waals surface area contributed by atoms with E-state index in [0.717, 1.165) is 12.8 Å². The van der Waals surface area contributed by atoms with Crippen LogP contribution in [-0.2, 0) is 19.1 Å². The van der Waals surface area contributed by atoms with Crippen molar-refractivity contribution in [2.45, 2.75) is 49.2 Å². The summed E-state index contributed by atoms with van der Waals surface area (Å²) in [4.78, 5) is 22.9. The zero-order valence-corrected chi connectivity index (χ0v) is 14.0. The quantitative estimate of drug-likeness (QED) is 0.346. The van der Waals surface area contributed by atoms with E-state index >= 15 is 0 Å². The summed E-state index contributed by atoms with van der Waals surface area (Å²) in [6.07, 6.45) is 2.41. The number of esters is 2. The highest BCUT2D eigenvalue weighted by Crippen LogP contribution is 2.11. The van der Waals surface area contributed by atoms with Crippen molar-refractivity contribution in [3.05, 3.63) is 0 Å². The molecule has 0 radical (unpaired) electrons. The molecule has 0 aromatic rings. The van der Waals surface area contributed by atoms with Crippen molar-refractivity contribution in [3.63, 3.8) is 0 Å². The summed E-state index contributed by atoms with van der Waals surface area (Å²) >= 11 is 6.71. The lowest BCUT2D eigenvalue weighted by atomic mass is 10.2. The van der Waals surface area contributed by atoms with E-state index in [9.17, 15) is 9.59 Å². The Morgan fingerprint density at radius 1 is 0.889 bits per heavy atom. The zero-order chi connectivity index (χ0) is 14.0. The molecule has 0 aromatic heterocycles. The number of rotatable bonds is 9. The van der Waals surface area contributed by atoms with Crippen molar-refractivity contribution in [1.82, 2.24) is 0 Å². The van der Waals surface area contributed by atoms with E-state index in [4.69, 9.17) is 9.47 Å². The molecule has 0 amide bonds. The standard InChI is InChI=1S/C12H20Br2O4/c1-3-9(13)7-11(15)17-5-6-18-12(16)8-10(14)4-2/h9-10H,3-8H2,1-2H3. The van der Waals surface area contributed by atoms with Crippen molar-refractivity contribution < 1.29 is 19.1 Å². The van der Waals surface area contributed by atoms with Gasteiger partial charge in [-0.05, 0) is 12.8 Å². The van der Waals surface area contributed by atoms with Gasteiger partial charge in [-0.1, -0.05) is 45.7 Å². The third-order valence-corrected chi connectivity index (χ3v) is 4.21. The largest absolute Gasteiger partial charge is 0.462 e. The highest BCUT2D eigenvalue weighted by atomic mass is 79.9. The fourth-order valence-corrected chi connectivity index (χ4v) is 1.61. The van der Waals surface area contributed by atoms with E-state index in [2.05, 4.69) is 31.9 Å². The summed E-state index contributed by atoms with van der Waals surface area (Å²) in [5.74, 6) is -0.552. The van der Waals surface area contributed by atoms with Crippen molar-refractivity contribution in [2.24, 2.45) is 0 Å². The van der Waals surface area contributed by atoms with Crippen molar-refractivity contribution >= 4 is 43.8 Å². The van der Waals surface area contributed by atoms with Crippen molar-refractivity contribution in [1.29, 1.82) is 0 Å².